The maximum Gasteiger partial charge on any atom is 0.212 e. The third-order valence-corrected chi connectivity index (χ3v) is 6.01. The van der Waals surface area contributed by atoms with Gasteiger partial charge in [-0.1, -0.05) is 31.0 Å². The molecule has 0 N–H and O–H groups in total. The summed E-state index contributed by atoms with van der Waals surface area (Å²) in [5.41, 5.74) is 7.89. The highest BCUT2D eigenvalue weighted by molar-refractivity contribution is 5.62. The lowest BCUT2D eigenvalue weighted by atomic mass is 9.69. The number of aromatic nitrogens is 1. The minimum Gasteiger partial charge on any atom is -0.201 e. The molecule has 22 heavy (non-hydrogen) atoms. The molecule has 0 radical (unpaired) electrons. The van der Waals surface area contributed by atoms with Gasteiger partial charge in [0.05, 0.1) is 0 Å². The number of hydrogen-bond acceptors (Lipinski definition) is 0. The van der Waals surface area contributed by atoms with Crippen molar-refractivity contribution in [3.8, 4) is 11.3 Å². The van der Waals surface area contributed by atoms with Crippen molar-refractivity contribution in [2.75, 3.05) is 0 Å². The Balaban J connectivity index is 1.86. The minimum atomic E-state index is 0.510. The van der Waals surface area contributed by atoms with Crippen LogP contribution >= 0.6 is 0 Å². The van der Waals surface area contributed by atoms with Crippen molar-refractivity contribution < 1.29 is 4.57 Å². The fourth-order valence-electron chi connectivity index (χ4n) is 4.83. The minimum absolute atomic E-state index is 0.510. The Morgan fingerprint density at radius 3 is 2.50 bits per heavy atom. The molecule has 114 valence electrons. The molecule has 1 spiro atoms. The van der Waals surface area contributed by atoms with Crippen LogP contribution in [-0.4, -0.2) is 0 Å². The third kappa shape index (κ3) is 2.10. The molecule has 0 saturated heterocycles. The van der Waals surface area contributed by atoms with E-state index < -0.39 is 0 Å². The van der Waals surface area contributed by atoms with Crippen molar-refractivity contribution >= 4 is 0 Å². The van der Waals surface area contributed by atoms with Crippen molar-refractivity contribution in [1.29, 1.82) is 0 Å². The molecular weight excluding hydrogens is 266 g/mol. The van der Waals surface area contributed by atoms with E-state index in [9.17, 15) is 0 Å². The van der Waals surface area contributed by atoms with Crippen molar-refractivity contribution in [3.05, 3.63) is 53.2 Å². The first kappa shape index (κ1) is 14.0. The molecule has 2 aliphatic rings. The normalized spacial score (nSPS) is 19.4. The van der Waals surface area contributed by atoms with Crippen LogP contribution in [0.15, 0.2) is 36.5 Å². The lowest BCUT2D eigenvalue weighted by molar-refractivity contribution is -0.661. The van der Waals surface area contributed by atoms with Gasteiger partial charge >= 0.3 is 0 Å². The van der Waals surface area contributed by atoms with Crippen LogP contribution in [0.1, 0.15) is 55.2 Å². The number of rotatable bonds is 1. The van der Waals surface area contributed by atoms with Gasteiger partial charge < -0.3 is 0 Å². The second kappa shape index (κ2) is 5.22. The number of benzene rings is 1. The van der Waals surface area contributed by atoms with Gasteiger partial charge in [-0.15, -0.1) is 0 Å². The summed E-state index contributed by atoms with van der Waals surface area (Å²) in [4.78, 5) is 0. The number of aryl methyl sites for hydroxylation is 3. The quantitative estimate of drug-likeness (QED) is 0.674. The fraction of sp³-hybridized carbons (Fsp3) is 0.476. The van der Waals surface area contributed by atoms with Crippen LogP contribution in [-0.2, 0) is 18.9 Å². The predicted octanol–water partition coefficient (Wildman–Crippen LogP) is 4.63. The van der Waals surface area contributed by atoms with E-state index in [0.29, 0.717) is 5.41 Å². The van der Waals surface area contributed by atoms with E-state index in [4.69, 9.17) is 0 Å². The van der Waals surface area contributed by atoms with Crippen molar-refractivity contribution in [1.82, 2.24) is 0 Å². The Labute approximate surface area is 134 Å². The smallest absolute Gasteiger partial charge is 0.201 e. The molecule has 1 aromatic heterocycles. The van der Waals surface area contributed by atoms with Gasteiger partial charge in [0.25, 0.3) is 0 Å². The van der Waals surface area contributed by atoms with Gasteiger partial charge in [0.15, 0.2) is 6.20 Å². The Kier molecular flexibility index (Phi) is 3.32. The summed E-state index contributed by atoms with van der Waals surface area (Å²) in [6.45, 7) is 2.22. The highest BCUT2D eigenvalue weighted by Gasteiger charge is 2.41. The SMILES string of the molecule is Cc1ccccc1-c1cc2c(c[n+]1C)C1(CCCC1)CCC2. The standard InChI is InChI=1S/C21H26N/c1-16-8-3-4-10-18(16)20-14-17-9-7-13-21(11-5-6-12-21)19(17)15-22(20)2/h3-4,8,10,14-15H,5-7,9,11-13H2,1-2H3/q+1. The zero-order chi connectivity index (χ0) is 15.2. The van der Waals surface area contributed by atoms with Gasteiger partial charge in [-0.25, -0.2) is 4.57 Å². The molecule has 1 aromatic carbocycles. The summed E-state index contributed by atoms with van der Waals surface area (Å²) in [5.74, 6) is 0. The van der Waals surface area contributed by atoms with E-state index in [1.807, 2.05) is 0 Å². The lowest BCUT2D eigenvalue weighted by Crippen LogP contribution is -2.37. The molecule has 0 amide bonds. The molecule has 1 heteroatoms. The van der Waals surface area contributed by atoms with Crippen molar-refractivity contribution in [2.45, 2.75) is 57.3 Å². The van der Waals surface area contributed by atoms with E-state index in [1.54, 1.807) is 11.1 Å². The molecule has 4 rings (SSSR count). The van der Waals surface area contributed by atoms with Crippen LogP contribution in [0.2, 0.25) is 0 Å². The lowest BCUT2D eigenvalue weighted by Gasteiger charge is -2.34. The summed E-state index contributed by atoms with van der Waals surface area (Å²) in [5, 5.41) is 0. The summed E-state index contributed by atoms with van der Waals surface area (Å²) in [7, 11) is 2.22. The fourth-order valence-corrected chi connectivity index (χ4v) is 4.83. The predicted molar refractivity (Wildman–Crippen MR) is 90.9 cm³/mol. The molecule has 0 aliphatic heterocycles. The van der Waals surface area contributed by atoms with Crippen LogP contribution in [0.5, 0.6) is 0 Å². The number of nitrogens with zero attached hydrogens (tertiary/aromatic N) is 1. The van der Waals surface area contributed by atoms with Crippen LogP contribution in [0, 0.1) is 6.92 Å². The molecule has 0 bridgehead atoms. The Hall–Kier alpha value is -1.63. The topological polar surface area (TPSA) is 3.88 Å². The average molecular weight is 292 g/mol. The van der Waals surface area contributed by atoms with E-state index in [2.05, 4.69) is 55.1 Å². The molecule has 0 unspecified atom stereocenters. The Bertz CT molecular complexity index is 708. The van der Waals surface area contributed by atoms with E-state index in [-0.39, 0.29) is 0 Å². The molecule has 1 heterocycles. The highest BCUT2D eigenvalue weighted by atomic mass is 14.9. The van der Waals surface area contributed by atoms with Crippen LogP contribution < -0.4 is 4.57 Å². The number of hydrogen-bond donors (Lipinski definition) is 0. The molecule has 1 nitrogen and oxygen atoms in total. The zero-order valence-electron chi connectivity index (χ0n) is 13.9. The maximum atomic E-state index is 2.48. The van der Waals surface area contributed by atoms with Crippen LogP contribution in [0.25, 0.3) is 11.3 Å². The maximum absolute atomic E-state index is 2.48. The summed E-state index contributed by atoms with van der Waals surface area (Å²) in [6.07, 6.45) is 12.1. The third-order valence-electron chi connectivity index (χ3n) is 6.01. The van der Waals surface area contributed by atoms with Gasteiger partial charge in [-0.2, -0.15) is 0 Å². The number of fused-ring (bicyclic) bond motifs is 2. The average Bonchev–Trinajstić information content (AvgIpc) is 2.98. The van der Waals surface area contributed by atoms with Crippen LogP contribution in [0.3, 0.4) is 0 Å². The number of pyridine rings is 1. The van der Waals surface area contributed by atoms with Crippen LogP contribution in [0.4, 0.5) is 0 Å². The monoisotopic (exact) mass is 292 g/mol. The first-order valence-electron chi connectivity index (χ1n) is 8.79. The van der Waals surface area contributed by atoms with E-state index in [1.165, 1.54) is 61.8 Å². The summed E-state index contributed by atoms with van der Waals surface area (Å²) in [6, 6.07) is 11.2. The molecule has 1 saturated carbocycles. The first-order chi connectivity index (χ1) is 10.7. The molecular formula is C21H26N+. The van der Waals surface area contributed by atoms with Gasteiger partial charge in [-0.3, -0.25) is 0 Å². The summed E-state index contributed by atoms with van der Waals surface area (Å²) < 4.78 is 2.37. The van der Waals surface area contributed by atoms with Gasteiger partial charge in [0.2, 0.25) is 5.69 Å². The van der Waals surface area contributed by atoms with Gasteiger partial charge in [0.1, 0.15) is 7.05 Å². The second-order valence-corrected chi connectivity index (χ2v) is 7.36. The molecule has 0 atom stereocenters. The first-order valence-corrected chi connectivity index (χ1v) is 8.79. The zero-order valence-corrected chi connectivity index (χ0v) is 13.9. The molecule has 2 aromatic rings. The second-order valence-electron chi connectivity index (χ2n) is 7.36. The highest BCUT2D eigenvalue weighted by Crippen LogP contribution is 2.48. The van der Waals surface area contributed by atoms with Gasteiger partial charge in [-0.05, 0) is 56.2 Å². The largest absolute Gasteiger partial charge is 0.212 e. The Morgan fingerprint density at radius 1 is 1.00 bits per heavy atom. The summed E-state index contributed by atoms with van der Waals surface area (Å²) >= 11 is 0. The van der Waals surface area contributed by atoms with Gasteiger partial charge in [0, 0.05) is 22.6 Å². The molecule has 1 fully saturated rings. The van der Waals surface area contributed by atoms with E-state index in [0.717, 1.165) is 0 Å². The van der Waals surface area contributed by atoms with Crippen molar-refractivity contribution in [3.63, 3.8) is 0 Å². The van der Waals surface area contributed by atoms with Crippen molar-refractivity contribution in [2.24, 2.45) is 7.05 Å². The Morgan fingerprint density at radius 2 is 1.73 bits per heavy atom. The molecule has 2 aliphatic carbocycles. The van der Waals surface area contributed by atoms with E-state index >= 15 is 0 Å².